The van der Waals surface area contributed by atoms with Crippen molar-refractivity contribution in [2.75, 3.05) is 0 Å². The van der Waals surface area contributed by atoms with Crippen LogP contribution in [0.5, 0.6) is 0 Å². The lowest BCUT2D eigenvalue weighted by Gasteiger charge is -2.12. The molecule has 0 spiro atoms. The maximum atomic E-state index is 11.1. The average Bonchev–Trinajstić information content (AvgIpc) is 2.67. The largest absolute Gasteiger partial charge is 0.366 e. The minimum atomic E-state index is -0.281. The van der Waals surface area contributed by atoms with Gasteiger partial charge in [0.15, 0.2) is 0 Å². The fourth-order valence-corrected chi connectivity index (χ4v) is 2.01. The van der Waals surface area contributed by atoms with Crippen LogP contribution in [0.25, 0.3) is 0 Å². The van der Waals surface area contributed by atoms with Crippen LogP contribution in [0.1, 0.15) is 24.3 Å². The van der Waals surface area contributed by atoms with Gasteiger partial charge in [0.1, 0.15) is 0 Å². The quantitative estimate of drug-likeness (QED) is 0.755. The number of benzene rings is 1. The highest BCUT2D eigenvalue weighted by atomic mass is 16.1. The third-order valence-corrected chi connectivity index (χ3v) is 2.68. The van der Waals surface area contributed by atoms with Crippen molar-refractivity contribution >= 4 is 5.91 Å². The first kappa shape index (κ1) is 9.00. The van der Waals surface area contributed by atoms with Crippen molar-refractivity contribution in [3.05, 3.63) is 47.5 Å². The number of rotatable bonds is 2. The molecule has 72 valence electrons. The summed E-state index contributed by atoms with van der Waals surface area (Å²) in [5.41, 5.74) is 7.28. The van der Waals surface area contributed by atoms with Crippen molar-refractivity contribution in [1.29, 1.82) is 0 Å². The summed E-state index contributed by atoms with van der Waals surface area (Å²) in [6.45, 7) is 0. The van der Waals surface area contributed by atoms with Crippen LogP contribution in [-0.4, -0.2) is 5.91 Å². The Morgan fingerprint density at radius 3 is 2.64 bits per heavy atom. The molecule has 2 nitrogen and oxygen atoms in total. The van der Waals surface area contributed by atoms with Gasteiger partial charge in [-0.2, -0.15) is 0 Å². The Morgan fingerprint density at radius 2 is 2.00 bits per heavy atom. The van der Waals surface area contributed by atoms with E-state index in [4.69, 9.17) is 5.73 Å². The Hall–Kier alpha value is -1.57. The molecule has 1 aromatic rings. The smallest absolute Gasteiger partial charge is 0.244 e. The van der Waals surface area contributed by atoms with E-state index in [1.165, 1.54) is 5.56 Å². The van der Waals surface area contributed by atoms with Gasteiger partial charge in [-0.1, -0.05) is 36.4 Å². The first-order chi connectivity index (χ1) is 6.79. The molecule has 1 unspecified atom stereocenters. The highest BCUT2D eigenvalue weighted by Gasteiger charge is 2.24. The molecular formula is C12H13NO. The Kier molecular flexibility index (Phi) is 2.35. The normalized spacial score (nSPS) is 20.6. The molecule has 1 aromatic carbocycles. The van der Waals surface area contributed by atoms with Gasteiger partial charge in [0.2, 0.25) is 5.91 Å². The Bertz CT molecular complexity index is 367. The van der Waals surface area contributed by atoms with Gasteiger partial charge in [0, 0.05) is 11.5 Å². The van der Waals surface area contributed by atoms with E-state index < -0.39 is 0 Å². The van der Waals surface area contributed by atoms with Crippen molar-refractivity contribution < 1.29 is 4.79 Å². The van der Waals surface area contributed by atoms with E-state index in [2.05, 4.69) is 0 Å². The molecule has 0 saturated heterocycles. The van der Waals surface area contributed by atoms with E-state index >= 15 is 0 Å². The maximum absolute atomic E-state index is 11.1. The van der Waals surface area contributed by atoms with Crippen LogP contribution < -0.4 is 5.73 Å². The van der Waals surface area contributed by atoms with Gasteiger partial charge in [-0.25, -0.2) is 0 Å². The predicted octanol–water partition coefficient (Wildman–Crippen LogP) is 1.98. The van der Waals surface area contributed by atoms with E-state index in [9.17, 15) is 4.79 Å². The SMILES string of the molecule is NC(=O)C1=CCCC1c1ccccc1. The highest BCUT2D eigenvalue weighted by Crippen LogP contribution is 2.34. The lowest BCUT2D eigenvalue weighted by molar-refractivity contribution is -0.114. The van der Waals surface area contributed by atoms with Crippen LogP contribution in [0, 0.1) is 0 Å². The first-order valence-electron chi connectivity index (χ1n) is 4.84. The second-order valence-electron chi connectivity index (χ2n) is 3.56. The Morgan fingerprint density at radius 1 is 1.29 bits per heavy atom. The summed E-state index contributed by atoms with van der Waals surface area (Å²) < 4.78 is 0. The van der Waals surface area contributed by atoms with Crippen LogP contribution in [0.15, 0.2) is 42.0 Å². The third kappa shape index (κ3) is 1.55. The molecule has 1 aliphatic carbocycles. The number of hydrogen-bond donors (Lipinski definition) is 1. The number of allylic oxidation sites excluding steroid dienone is 1. The van der Waals surface area contributed by atoms with Crippen LogP contribution in [0.3, 0.4) is 0 Å². The first-order valence-corrected chi connectivity index (χ1v) is 4.84. The predicted molar refractivity (Wildman–Crippen MR) is 55.7 cm³/mol. The molecule has 2 N–H and O–H groups in total. The second-order valence-corrected chi connectivity index (χ2v) is 3.56. The standard InChI is InChI=1S/C12H13NO/c13-12(14)11-8-4-7-10(11)9-5-2-1-3-6-9/h1-3,5-6,8,10H,4,7H2,(H2,13,14). The van der Waals surface area contributed by atoms with Crippen molar-refractivity contribution in [1.82, 2.24) is 0 Å². The maximum Gasteiger partial charge on any atom is 0.244 e. The number of primary amides is 1. The van der Waals surface area contributed by atoms with Gasteiger partial charge in [0.05, 0.1) is 0 Å². The lowest BCUT2D eigenvalue weighted by atomic mass is 9.92. The van der Waals surface area contributed by atoms with Crippen molar-refractivity contribution in [2.24, 2.45) is 5.73 Å². The summed E-state index contributed by atoms with van der Waals surface area (Å²) in [4.78, 5) is 11.1. The van der Waals surface area contributed by atoms with Crippen LogP contribution in [-0.2, 0) is 4.79 Å². The molecule has 1 aliphatic rings. The topological polar surface area (TPSA) is 43.1 Å². The van der Waals surface area contributed by atoms with Crippen LogP contribution in [0.4, 0.5) is 0 Å². The van der Waals surface area contributed by atoms with E-state index in [1.807, 2.05) is 36.4 Å². The lowest BCUT2D eigenvalue weighted by Crippen LogP contribution is -2.17. The molecule has 0 aliphatic heterocycles. The minimum absolute atomic E-state index is 0.216. The van der Waals surface area contributed by atoms with Crippen LogP contribution in [0.2, 0.25) is 0 Å². The fourth-order valence-electron chi connectivity index (χ4n) is 2.01. The van der Waals surface area contributed by atoms with Gasteiger partial charge in [-0.15, -0.1) is 0 Å². The zero-order valence-corrected chi connectivity index (χ0v) is 7.94. The molecule has 0 heterocycles. The average molecular weight is 187 g/mol. The summed E-state index contributed by atoms with van der Waals surface area (Å²) in [6.07, 6.45) is 3.92. The van der Waals surface area contributed by atoms with Crippen molar-refractivity contribution in [2.45, 2.75) is 18.8 Å². The van der Waals surface area contributed by atoms with Gasteiger partial charge in [-0.05, 0) is 18.4 Å². The van der Waals surface area contributed by atoms with E-state index in [0.717, 1.165) is 18.4 Å². The Labute approximate surface area is 83.4 Å². The van der Waals surface area contributed by atoms with Gasteiger partial charge in [0.25, 0.3) is 0 Å². The number of amides is 1. The Balaban J connectivity index is 2.29. The molecule has 0 fully saturated rings. The molecule has 0 bridgehead atoms. The number of carbonyl (C=O) groups is 1. The number of hydrogen-bond acceptors (Lipinski definition) is 1. The van der Waals surface area contributed by atoms with Gasteiger partial charge >= 0.3 is 0 Å². The zero-order chi connectivity index (χ0) is 9.97. The summed E-state index contributed by atoms with van der Waals surface area (Å²) in [5.74, 6) is -0.0648. The minimum Gasteiger partial charge on any atom is -0.366 e. The molecule has 14 heavy (non-hydrogen) atoms. The highest BCUT2D eigenvalue weighted by molar-refractivity contribution is 5.94. The monoisotopic (exact) mass is 187 g/mol. The summed E-state index contributed by atoms with van der Waals surface area (Å²) in [7, 11) is 0. The van der Waals surface area contributed by atoms with E-state index in [-0.39, 0.29) is 11.8 Å². The molecule has 2 rings (SSSR count). The summed E-state index contributed by atoms with van der Waals surface area (Å²) >= 11 is 0. The molecule has 0 radical (unpaired) electrons. The van der Waals surface area contributed by atoms with Gasteiger partial charge < -0.3 is 5.73 Å². The second kappa shape index (κ2) is 3.66. The van der Waals surface area contributed by atoms with Crippen molar-refractivity contribution in [3.63, 3.8) is 0 Å². The molecular weight excluding hydrogens is 174 g/mol. The summed E-state index contributed by atoms with van der Waals surface area (Å²) in [6, 6.07) is 10.1. The zero-order valence-electron chi connectivity index (χ0n) is 7.94. The summed E-state index contributed by atoms with van der Waals surface area (Å²) in [5, 5.41) is 0. The molecule has 1 amide bonds. The fraction of sp³-hybridized carbons (Fsp3) is 0.250. The van der Waals surface area contributed by atoms with Gasteiger partial charge in [-0.3, -0.25) is 4.79 Å². The molecule has 0 saturated carbocycles. The molecule has 1 atom stereocenters. The van der Waals surface area contributed by atoms with Crippen LogP contribution >= 0.6 is 0 Å². The molecule has 2 heteroatoms. The van der Waals surface area contributed by atoms with Crippen molar-refractivity contribution in [3.8, 4) is 0 Å². The number of nitrogens with two attached hydrogens (primary N) is 1. The number of carbonyl (C=O) groups excluding carboxylic acids is 1. The molecule has 0 aromatic heterocycles. The third-order valence-electron chi connectivity index (χ3n) is 2.68. The van der Waals surface area contributed by atoms with E-state index in [1.54, 1.807) is 0 Å². The van der Waals surface area contributed by atoms with E-state index in [0.29, 0.717) is 0 Å².